The lowest BCUT2D eigenvalue weighted by Gasteiger charge is -2.25. The number of pyridine rings is 2. The maximum absolute atomic E-state index is 6.81. The Labute approximate surface area is 288 Å². The fraction of sp³-hybridized carbons (Fsp3) is 0.209. The Bertz CT molecular complexity index is 2430. The van der Waals surface area contributed by atoms with Gasteiger partial charge in [0.25, 0.3) is 0 Å². The largest absolute Gasteiger partial charge is 0.457 e. The van der Waals surface area contributed by atoms with E-state index >= 15 is 0 Å². The number of fused-ring (bicyclic) bond motifs is 4. The van der Waals surface area contributed by atoms with Crippen molar-refractivity contribution in [1.82, 2.24) is 14.5 Å². The Morgan fingerprint density at radius 1 is 0.592 bits per heavy atom. The first kappa shape index (κ1) is 30.7. The van der Waals surface area contributed by atoms with E-state index in [1.165, 1.54) is 44.3 Å². The van der Waals surface area contributed by atoms with Gasteiger partial charge in [-0.25, -0.2) is 9.97 Å². The summed E-state index contributed by atoms with van der Waals surface area (Å²) in [4.78, 5) is 14.6. The summed E-state index contributed by atoms with van der Waals surface area (Å²) < 4.78 is 9.07. The van der Waals surface area contributed by atoms with Crippen LogP contribution in [0.1, 0.15) is 44.6 Å². The number of hydrogen-bond acceptors (Lipinski definition) is 5. The molecule has 0 spiro atoms. The predicted octanol–water partition coefficient (Wildman–Crippen LogP) is 11.1. The van der Waals surface area contributed by atoms with Crippen LogP contribution in [0, 0.1) is 55.4 Å². The second kappa shape index (κ2) is 11.5. The van der Waals surface area contributed by atoms with Crippen molar-refractivity contribution in [3.63, 3.8) is 0 Å². The van der Waals surface area contributed by atoms with Crippen LogP contribution in [0.15, 0.2) is 91.1 Å². The average Bonchev–Trinajstić information content (AvgIpc) is 3.55. The second-order valence-electron chi connectivity index (χ2n) is 13.8. The molecule has 4 aromatic carbocycles. The molecule has 0 saturated heterocycles. The molecule has 1 aliphatic rings. The number of ether oxygens (including phenoxy) is 1. The Balaban J connectivity index is 1.22. The van der Waals surface area contributed by atoms with Gasteiger partial charge in [-0.1, -0.05) is 29.8 Å². The fourth-order valence-electron chi connectivity index (χ4n) is 7.55. The zero-order valence-corrected chi connectivity index (χ0v) is 29.5. The van der Waals surface area contributed by atoms with Crippen LogP contribution < -0.4 is 14.5 Å². The summed E-state index contributed by atoms with van der Waals surface area (Å²) in [6.07, 6.45) is 1.88. The highest BCUT2D eigenvalue weighted by molar-refractivity contribution is 6.10. The number of aromatic nitrogens is 3. The van der Waals surface area contributed by atoms with Crippen LogP contribution in [0.2, 0.25) is 0 Å². The van der Waals surface area contributed by atoms with E-state index in [0.717, 1.165) is 62.4 Å². The van der Waals surface area contributed by atoms with Crippen molar-refractivity contribution in [3.05, 3.63) is 136 Å². The number of hydrogen-bond donors (Lipinski definition) is 0. The van der Waals surface area contributed by atoms with E-state index in [2.05, 4.69) is 149 Å². The van der Waals surface area contributed by atoms with Crippen molar-refractivity contribution in [1.29, 1.82) is 0 Å². The monoisotopic (exact) mass is 643 g/mol. The summed E-state index contributed by atoms with van der Waals surface area (Å²) >= 11 is 0. The lowest BCUT2D eigenvalue weighted by molar-refractivity contribution is 0.479. The summed E-state index contributed by atoms with van der Waals surface area (Å²) in [7, 11) is 0. The van der Waals surface area contributed by atoms with Crippen molar-refractivity contribution in [3.8, 4) is 17.3 Å². The van der Waals surface area contributed by atoms with Gasteiger partial charge in [-0.2, -0.15) is 0 Å². The Morgan fingerprint density at radius 2 is 1.33 bits per heavy atom. The van der Waals surface area contributed by atoms with Gasteiger partial charge >= 0.3 is 0 Å². The maximum atomic E-state index is 6.81. The van der Waals surface area contributed by atoms with Gasteiger partial charge in [0.1, 0.15) is 24.0 Å². The number of anilines is 4. The van der Waals surface area contributed by atoms with Gasteiger partial charge in [0.2, 0.25) is 0 Å². The molecule has 0 N–H and O–H groups in total. The Hall–Kier alpha value is -5.62. The van der Waals surface area contributed by atoms with Crippen LogP contribution in [-0.2, 0) is 0 Å². The standard InChI is InChI=1S/C43H41N5O/c1-25-9-11-35-36-21-29(5)40(23-39(36)48(38(35)19-25)41-20-26(2)13-14-44-41)49-34-18-28(4)17-33(22-34)46-24-47(37-12-10-32(8)45-43(37)46)42-30(6)15-27(3)16-31(42)7/h9-23H,24H2,1-8H3. The molecule has 0 atom stereocenters. The molecule has 7 aromatic rings. The maximum Gasteiger partial charge on any atom is 0.158 e. The molecule has 0 bridgehead atoms. The molecule has 6 nitrogen and oxygen atoms in total. The van der Waals surface area contributed by atoms with Crippen molar-refractivity contribution in [2.75, 3.05) is 16.5 Å². The van der Waals surface area contributed by atoms with Crippen LogP contribution >= 0.6 is 0 Å². The Morgan fingerprint density at radius 3 is 2.10 bits per heavy atom. The SMILES string of the molecule is Cc1cc(Oc2cc3c(cc2C)c2ccc(C)cc2n3-c2cc(C)ccn2)cc(N2CN(c3c(C)cc(C)cc3C)c3ccc(C)nc32)c1. The molecule has 0 fully saturated rings. The third-order valence-electron chi connectivity index (χ3n) is 9.65. The summed E-state index contributed by atoms with van der Waals surface area (Å²) in [6.45, 7) is 17.8. The first-order valence-corrected chi connectivity index (χ1v) is 16.9. The van der Waals surface area contributed by atoms with E-state index in [0.29, 0.717) is 6.67 Å². The molecular formula is C43H41N5O. The van der Waals surface area contributed by atoms with Crippen molar-refractivity contribution in [2.24, 2.45) is 0 Å². The normalized spacial score (nSPS) is 12.7. The van der Waals surface area contributed by atoms with Crippen molar-refractivity contribution >= 4 is 44.7 Å². The summed E-state index contributed by atoms with van der Waals surface area (Å²) in [5.41, 5.74) is 15.0. The number of nitrogens with zero attached hydrogens (tertiary/aromatic N) is 5. The van der Waals surface area contributed by atoms with Crippen molar-refractivity contribution in [2.45, 2.75) is 55.4 Å². The van der Waals surface area contributed by atoms with Crippen molar-refractivity contribution < 1.29 is 4.74 Å². The van der Waals surface area contributed by atoms with Gasteiger partial charge in [-0.05, 0) is 137 Å². The third-order valence-corrected chi connectivity index (χ3v) is 9.65. The molecule has 0 unspecified atom stereocenters. The topological polar surface area (TPSA) is 46.4 Å². The van der Waals surface area contributed by atoms with E-state index in [9.17, 15) is 0 Å². The molecule has 0 amide bonds. The highest BCUT2D eigenvalue weighted by atomic mass is 16.5. The van der Waals surface area contributed by atoms with E-state index < -0.39 is 0 Å². The van der Waals surface area contributed by atoms with Gasteiger partial charge in [0, 0.05) is 46.2 Å². The summed E-state index contributed by atoms with van der Waals surface area (Å²) in [5, 5.41) is 2.39. The smallest absolute Gasteiger partial charge is 0.158 e. The number of rotatable bonds is 5. The van der Waals surface area contributed by atoms with Crippen LogP contribution in [0.5, 0.6) is 11.5 Å². The zero-order valence-electron chi connectivity index (χ0n) is 29.5. The number of benzene rings is 4. The first-order chi connectivity index (χ1) is 23.5. The quantitative estimate of drug-likeness (QED) is 0.187. The summed E-state index contributed by atoms with van der Waals surface area (Å²) in [6, 6.07) is 30.5. The van der Waals surface area contributed by atoms with E-state index in [4.69, 9.17) is 14.7 Å². The van der Waals surface area contributed by atoms with Crippen LogP contribution in [0.4, 0.5) is 22.9 Å². The molecule has 4 heterocycles. The van der Waals surface area contributed by atoms with Gasteiger partial charge in [0.15, 0.2) is 5.82 Å². The molecule has 49 heavy (non-hydrogen) atoms. The predicted molar refractivity (Wildman–Crippen MR) is 203 cm³/mol. The first-order valence-electron chi connectivity index (χ1n) is 16.9. The molecule has 0 saturated carbocycles. The highest BCUT2D eigenvalue weighted by Gasteiger charge is 2.31. The lowest BCUT2D eigenvalue weighted by atomic mass is 10.0. The Kier molecular flexibility index (Phi) is 7.21. The van der Waals surface area contributed by atoms with Gasteiger partial charge in [0.05, 0.1) is 16.7 Å². The molecule has 1 aliphatic heterocycles. The molecule has 244 valence electrons. The lowest BCUT2D eigenvalue weighted by Crippen LogP contribution is -2.25. The number of aryl methyl sites for hydroxylation is 8. The summed E-state index contributed by atoms with van der Waals surface area (Å²) in [5.74, 6) is 3.47. The van der Waals surface area contributed by atoms with Gasteiger partial charge < -0.3 is 14.5 Å². The molecule has 0 radical (unpaired) electrons. The fourth-order valence-corrected chi connectivity index (χ4v) is 7.55. The molecule has 3 aromatic heterocycles. The minimum Gasteiger partial charge on any atom is -0.457 e. The third kappa shape index (κ3) is 5.28. The minimum absolute atomic E-state index is 0.660. The van der Waals surface area contributed by atoms with E-state index in [1.807, 2.05) is 12.3 Å². The second-order valence-corrected chi connectivity index (χ2v) is 13.8. The van der Waals surface area contributed by atoms with Gasteiger partial charge in [-0.15, -0.1) is 0 Å². The highest BCUT2D eigenvalue weighted by Crippen LogP contribution is 2.46. The molecule has 8 rings (SSSR count). The zero-order chi connectivity index (χ0) is 34.1. The van der Waals surface area contributed by atoms with Gasteiger partial charge in [-0.3, -0.25) is 4.57 Å². The van der Waals surface area contributed by atoms with Crippen LogP contribution in [0.3, 0.4) is 0 Å². The van der Waals surface area contributed by atoms with E-state index in [-0.39, 0.29) is 0 Å². The van der Waals surface area contributed by atoms with Crippen LogP contribution in [-0.4, -0.2) is 21.2 Å². The molecule has 0 aliphatic carbocycles. The van der Waals surface area contributed by atoms with Crippen LogP contribution in [0.25, 0.3) is 27.6 Å². The average molecular weight is 644 g/mol. The molecule has 6 heteroatoms. The van der Waals surface area contributed by atoms with E-state index in [1.54, 1.807) is 0 Å². The molecular weight excluding hydrogens is 603 g/mol. The minimum atomic E-state index is 0.660.